The summed E-state index contributed by atoms with van der Waals surface area (Å²) in [7, 11) is 0. The van der Waals surface area contributed by atoms with Crippen LogP contribution in [0.3, 0.4) is 0 Å². The summed E-state index contributed by atoms with van der Waals surface area (Å²) in [5, 5.41) is 2.45. The summed E-state index contributed by atoms with van der Waals surface area (Å²) in [4.78, 5) is 38.5. The van der Waals surface area contributed by atoms with Gasteiger partial charge >= 0.3 is 0 Å². The van der Waals surface area contributed by atoms with E-state index in [-0.39, 0.29) is 54.1 Å². The van der Waals surface area contributed by atoms with E-state index < -0.39 is 17.5 Å². The van der Waals surface area contributed by atoms with E-state index in [1.165, 1.54) is 11.0 Å². The van der Waals surface area contributed by atoms with Crippen LogP contribution in [0.25, 0.3) is 0 Å². The van der Waals surface area contributed by atoms with Crippen LogP contribution >= 0.6 is 0 Å². The van der Waals surface area contributed by atoms with Crippen molar-refractivity contribution in [3.8, 4) is 0 Å². The first-order valence-corrected chi connectivity index (χ1v) is 8.74. The summed E-state index contributed by atoms with van der Waals surface area (Å²) in [6, 6.07) is 3.06. The van der Waals surface area contributed by atoms with Crippen LogP contribution in [-0.2, 0) is 14.4 Å². The number of nitrogens with one attached hydrogen (secondary N) is 1. The third kappa shape index (κ3) is 2.71. The van der Waals surface area contributed by atoms with Crippen molar-refractivity contribution in [2.45, 2.75) is 19.3 Å². The maximum absolute atomic E-state index is 13.2. The van der Waals surface area contributed by atoms with E-state index in [9.17, 15) is 23.2 Å². The summed E-state index contributed by atoms with van der Waals surface area (Å²) in [6.07, 6.45) is 5.84. The quantitative estimate of drug-likeness (QED) is 0.663. The van der Waals surface area contributed by atoms with Crippen LogP contribution in [0.15, 0.2) is 30.4 Å². The highest BCUT2D eigenvalue weighted by Gasteiger charge is 2.56. The number of hydrogen-bond donors (Lipinski definition) is 1. The Morgan fingerprint density at radius 2 is 1.65 bits per heavy atom. The normalized spacial score (nSPS) is 29.2. The van der Waals surface area contributed by atoms with Gasteiger partial charge < -0.3 is 5.32 Å². The minimum Gasteiger partial charge on any atom is -0.326 e. The first-order chi connectivity index (χ1) is 12.5. The van der Waals surface area contributed by atoms with Gasteiger partial charge in [0, 0.05) is 24.7 Å². The molecule has 136 valence electrons. The van der Waals surface area contributed by atoms with Gasteiger partial charge in [-0.25, -0.2) is 8.78 Å². The molecular formula is C19H18F2N2O3. The van der Waals surface area contributed by atoms with Gasteiger partial charge in [0.05, 0.1) is 11.8 Å². The number of benzene rings is 1. The molecule has 0 radical (unpaired) electrons. The van der Waals surface area contributed by atoms with Crippen molar-refractivity contribution in [2.75, 3.05) is 11.9 Å². The van der Waals surface area contributed by atoms with E-state index in [1.807, 2.05) is 12.2 Å². The Bertz CT molecular complexity index is 791. The molecule has 7 heteroatoms. The number of hydrogen-bond acceptors (Lipinski definition) is 3. The molecule has 4 atom stereocenters. The predicted octanol–water partition coefficient (Wildman–Crippen LogP) is 2.49. The first kappa shape index (κ1) is 16.9. The largest absolute Gasteiger partial charge is 0.326 e. The Morgan fingerprint density at radius 1 is 1.04 bits per heavy atom. The zero-order chi connectivity index (χ0) is 18.4. The average molecular weight is 360 g/mol. The number of halogens is 2. The van der Waals surface area contributed by atoms with Crippen molar-refractivity contribution in [2.24, 2.45) is 23.7 Å². The minimum absolute atomic E-state index is 0.000380. The lowest BCUT2D eigenvalue weighted by atomic mass is 9.63. The van der Waals surface area contributed by atoms with Crippen molar-refractivity contribution < 1.29 is 23.2 Å². The van der Waals surface area contributed by atoms with Crippen molar-refractivity contribution in [1.29, 1.82) is 0 Å². The molecule has 1 aromatic rings. The maximum atomic E-state index is 13.2. The van der Waals surface area contributed by atoms with E-state index >= 15 is 0 Å². The number of carbonyl (C=O) groups is 3. The number of carbonyl (C=O) groups excluding carboxylic acids is 3. The Kier molecular flexibility index (Phi) is 4.09. The molecule has 1 aliphatic heterocycles. The summed E-state index contributed by atoms with van der Waals surface area (Å²) in [5.41, 5.74) is 0.129. The van der Waals surface area contributed by atoms with E-state index in [0.717, 1.165) is 25.0 Å². The Hall–Kier alpha value is -2.57. The van der Waals surface area contributed by atoms with Crippen LogP contribution in [0.4, 0.5) is 14.5 Å². The minimum atomic E-state index is -1.06. The molecular weight excluding hydrogens is 342 g/mol. The number of imide groups is 1. The topological polar surface area (TPSA) is 66.5 Å². The van der Waals surface area contributed by atoms with Crippen LogP contribution in [0.2, 0.25) is 0 Å². The molecule has 0 unspecified atom stereocenters. The second-order valence-corrected chi connectivity index (χ2v) is 7.10. The molecule has 1 saturated carbocycles. The lowest BCUT2D eigenvalue weighted by Crippen LogP contribution is -2.38. The number of amides is 3. The molecule has 1 saturated heterocycles. The summed E-state index contributed by atoms with van der Waals surface area (Å²) >= 11 is 0. The predicted molar refractivity (Wildman–Crippen MR) is 88.7 cm³/mol. The van der Waals surface area contributed by atoms with E-state index in [1.54, 1.807) is 0 Å². The van der Waals surface area contributed by atoms with Crippen LogP contribution in [0.5, 0.6) is 0 Å². The molecule has 1 heterocycles. The van der Waals surface area contributed by atoms with Gasteiger partial charge in [0.25, 0.3) is 0 Å². The molecule has 26 heavy (non-hydrogen) atoms. The smallest absolute Gasteiger partial charge is 0.233 e. The molecule has 0 spiro atoms. The molecule has 5 rings (SSSR count). The van der Waals surface area contributed by atoms with Crippen LogP contribution in [0, 0.1) is 35.3 Å². The molecule has 1 aromatic carbocycles. The Morgan fingerprint density at radius 3 is 2.19 bits per heavy atom. The molecule has 3 amide bonds. The fourth-order valence-corrected chi connectivity index (χ4v) is 4.37. The monoisotopic (exact) mass is 360 g/mol. The number of likely N-dealkylation sites (tertiary alicyclic amines) is 1. The zero-order valence-corrected chi connectivity index (χ0v) is 14.0. The second-order valence-electron chi connectivity index (χ2n) is 7.10. The number of fused-ring (bicyclic) bond motifs is 1. The van der Waals surface area contributed by atoms with Crippen molar-refractivity contribution in [3.63, 3.8) is 0 Å². The maximum Gasteiger partial charge on any atom is 0.233 e. The van der Waals surface area contributed by atoms with Gasteiger partial charge in [0.1, 0.15) is 0 Å². The SMILES string of the molecule is O=C(CCN1C(=O)[C@@H]2[C@@H](C1=O)[C@H]1C=C[C@H]2CC1)Nc1ccc(F)c(F)c1. The Labute approximate surface area is 149 Å². The zero-order valence-electron chi connectivity index (χ0n) is 14.0. The number of anilines is 1. The molecule has 4 aliphatic rings. The lowest BCUT2D eigenvalue weighted by molar-refractivity contribution is -0.140. The van der Waals surface area contributed by atoms with Crippen LogP contribution in [0.1, 0.15) is 19.3 Å². The molecule has 3 aliphatic carbocycles. The molecule has 2 fully saturated rings. The van der Waals surface area contributed by atoms with Crippen molar-refractivity contribution in [3.05, 3.63) is 42.0 Å². The van der Waals surface area contributed by atoms with Gasteiger partial charge in [-0.15, -0.1) is 0 Å². The number of allylic oxidation sites excluding steroid dienone is 2. The fourth-order valence-electron chi connectivity index (χ4n) is 4.37. The standard InChI is InChI=1S/C19H18F2N2O3/c20-13-6-5-12(9-14(13)21)22-15(24)7-8-23-18(25)16-10-1-2-11(4-3-10)17(16)19(23)26/h1-2,5-6,9-11,16-17H,3-4,7-8H2,(H,22,24)/t10-,11-,16-,17-/m0/s1. The van der Waals surface area contributed by atoms with Crippen LogP contribution < -0.4 is 5.32 Å². The Balaban J connectivity index is 1.39. The molecule has 2 bridgehead atoms. The highest BCUT2D eigenvalue weighted by molar-refractivity contribution is 6.06. The van der Waals surface area contributed by atoms with Gasteiger partial charge in [-0.1, -0.05) is 12.2 Å². The number of nitrogens with zero attached hydrogens (tertiary/aromatic N) is 1. The fraction of sp³-hybridized carbons (Fsp3) is 0.421. The van der Waals surface area contributed by atoms with Crippen molar-refractivity contribution in [1.82, 2.24) is 4.90 Å². The third-order valence-electron chi connectivity index (χ3n) is 5.62. The summed E-state index contributed by atoms with van der Waals surface area (Å²) < 4.78 is 26.1. The van der Waals surface area contributed by atoms with E-state index in [4.69, 9.17) is 0 Å². The van der Waals surface area contributed by atoms with Gasteiger partial charge in [0.2, 0.25) is 17.7 Å². The lowest BCUT2D eigenvalue weighted by Gasteiger charge is -2.38. The van der Waals surface area contributed by atoms with Gasteiger partial charge in [-0.3, -0.25) is 19.3 Å². The van der Waals surface area contributed by atoms with E-state index in [0.29, 0.717) is 0 Å². The van der Waals surface area contributed by atoms with Gasteiger partial charge in [-0.2, -0.15) is 0 Å². The third-order valence-corrected chi connectivity index (χ3v) is 5.62. The van der Waals surface area contributed by atoms with Crippen molar-refractivity contribution >= 4 is 23.4 Å². The molecule has 0 aromatic heterocycles. The molecule has 1 N–H and O–H groups in total. The van der Waals surface area contributed by atoms with Gasteiger partial charge in [-0.05, 0) is 36.8 Å². The highest BCUT2D eigenvalue weighted by Crippen LogP contribution is 2.49. The van der Waals surface area contributed by atoms with Crippen LogP contribution in [-0.4, -0.2) is 29.2 Å². The molecule has 5 nitrogen and oxygen atoms in total. The van der Waals surface area contributed by atoms with E-state index in [2.05, 4.69) is 5.32 Å². The second kappa shape index (κ2) is 6.30. The average Bonchev–Trinajstić information content (AvgIpc) is 2.90. The summed E-state index contributed by atoms with van der Waals surface area (Å²) in [5.74, 6) is -3.26. The van der Waals surface area contributed by atoms with Gasteiger partial charge in [0.15, 0.2) is 11.6 Å². The first-order valence-electron chi connectivity index (χ1n) is 8.74. The number of rotatable bonds is 4. The summed E-state index contributed by atoms with van der Waals surface area (Å²) in [6.45, 7) is -0.000380. The highest BCUT2D eigenvalue weighted by atomic mass is 19.2.